The van der Waals surface area contributed by atoms with Gasteiger partial charge in [-0.2, -0.15) is 0 Å². The topological polar surface area (TPSA) is 77.8 Å². The van der Waals surface area contributed by atoms with Crippen molar-refractivity contribution >= 4 is 5.91 Å². The maximum Gasteiger partial charge on any atom is 0.287 e. The van der Waals surface area contributed by atoms with Gasteiger partial charge < -0.3 is 19.2 Å². The second-order valence-electron chi connectivity index (χ2n) is 4.44. The van der Waals surface area contributed by atoms with Crippen LogP contribution < -0.4 is 15.5 Å². The molecule has 19 heavy (non-hydrogen) atoms. The normalized spacial score (nSPS) is 16.1. The number of rotatable bonds is 4. The molecule has 0 aliphatic carbocycles. The lowest BCUT2D eigenvalue weighted by atomic mass is 10.0. The van der Waals surface area contributed by atoms with Crippen molar-refractivity contribution in [3.8, 4) is 5.75 Å². The fraction of sp³-hybridized carbons (Fsp3) is 0.538. The van der Waals surface area contributed by atoms with E-state index in [0.717, 1.165) is 38.4 Å². The molecule has 104 valence electrons. The summed E-state index contributed by atoms with van der Waals surface area (Å²) < 4.78 is 15.1. The minimum Gasteiger partial charge on any atom is -0.490 e. The molecule has 1 saturated heterocycles. The molecule has 0 atom stereocenters. The van der Waals surface area contributed by atoms with Crippen molar-refractivity contribution in [1.29, 1.82) is 0 Å². The van der Waals surface area contributed by atoms with Gasteiger partial charge >= 0.3 is 0 Å². The minimum atomic E-state index is -0.383. The standard InChI is InChI=1S/C13H17NO5/c1-17-12-8-19-11(6-10(12)15)13(16)14-7-9-2-4-18-5-3-9/h6,8-9H,2-5,7H2,1H3,(H,14,16). The number of nitrogens with one attached hydrogen (secondary N) is 1. The highest BCUT2D eigenvalue weighted by molar-refractivity contribution is 5.91. The van der Waals surface area contributed by atoms with Crippen molar-refractivity contribution in [2.45, 2.75) is 12.8 Å². The van der Waals surface area contributed by atoms with Crippen molar-refractivity contribution in [3.63, 3.8) is 0 Å². The van der Waals surface area contributed by atoms with Gasteiger partial charge in [0.1, 0.15) is 6.26 Å². The number of carbonyl (C=O) groups excluding carboxylic acids is 1. The van der Waals surface area contributed by atoms with Crippen molar-refractivity contribution < 1.29 is 18.7 Å². The van der Waals surface area contributed by atoms with Crippen molar-refractivity contribution in [3.05, 3.63) is 28.3 Å². The zero-order valence-corrected chi connectivity index (χ0v) is 10.8. The van der Waals surface area contributed by atoms with E-state index in [2.05, 4.69) is 5.32 Å². The summed E-state index contributed by atoms with van der Waals surface area (Å²) in [5, 5.41) is 2.77. The first kappa shape index (κ1) is 13.6. The van der Waals surface area contributed by atoms with E-state index in [1.807, 2.05) is 0 Å². The molecular formula is C13H17NO5. The van der Waals surface area contributed by atoms with Gasteiger partial charge in [0.25, 0.3) is 5.91 Å². The molecule has 0 saturated carbocycles. The molecule has 2 rings (SSSR count). The van der Waals surface area contributed by atoms with Crippen LogP contribution in [0.3, 0.4) is 0 Å². The SMILES string of the molecule is COc1coc(C(=O)NCC2CCOCC2)cc1=O. The number of hydrogen-bond acceptors (Lipinski definition) is 5. The van der Waals surface area contributed by atoms with Crippen LogP contribution in [0.25, 0.3) is 0 Å². The summed E-state index contributed by atoms with van der Waals surface area (Å²) in [5.74, 6) is 0.118. The molecule has 0 aromatic carbocycles. The van der Waals surface area contributed by atoms with E-state index in [4.69, 9.17) is 13.9 Å². The second-order valence-corrected chi connectivity index (χ2v) is 4.44. The molecule has 0 bridgehead atoms. The summed E-state index contributed by atoms with van der Waals surface area (Å²) in [5.41, 5.74) is -0.370. The summed E-state index contributed by atoms with van der Waals surface area (Å²) in [6.07, 6.45) is 3.02. The highest BCUT2D eigenvalue weighted by Crippen LogP contribution is 2.13. The number of carbonyl (C=O) groups is 1. The van der Waals surface area contributed by atoms with Crippen LogP contribution in [-0.2, 0) is 4.74 Å². The fourth-order valence-electron chi connectivity index (χ4n) is 1.94. The molecule has 1 aliphatic heterocycles. The third kappa shape index (κ3) is 3.57. The first-order chi connectivity index (χ1) is 9.20. The Morgan fingerprint density at radius 1 is 1.47 bits per heavy atom. The van der Waals surface area contributed by atoms with Gasteiger partial charge in [-0.15, -0.1) is 0 Å². The number of methoxy groups -OCH3 is 1. The van der Waals surface area contributed by atoms with E-state index >= 15 is 0 Å². The van der Waals surface area contributed by atoms with Gasteiger partial charge in [0, 0.05) is 25.8 Å². The number of hydrogen-bond donors (Lipinski definition) is 1. The molecule has 1 N–H and O–H groups in total. The molecule has 1 aromatic rings. The van der Waals surface area contributed by atoms with Gasteiger partial charge in [-0.25, -0.2) is 0 Å². The van der Waals surface area contributed by atoms with E-state index in [-0.39, 0.29) is 22.8 Å². The number of amides is 1. The van der Waals surface area contributed by atoms with Gasteiger partial charge in [-0.3, -0.25) is 9.59 Å². The first-order valence-electron chi connectivity index (χ1n) is 6.23. The van der Waals surface area contributed by atoms with Crippen LogP contribution in [0.2, 0.25) is 0 Å². The third-order valence-corrected chi connectivity index (χ3v) is 3.13. The zero-order chi connectivity index (χ0) is 13.7. The van der Waals surface area contributed by atoms with Gasteiger partial charge in [-0.05, 0) is 18.8 Å². The molecule has 0 unspecified atom stereocenters. The summed E-state index contributed by atoms with van der Waals surface area (Å²) in [6.45, 7) is 2.04. The Balaban J connectivity index is 1.92. The molecule has 1 aliphatic rings. The van der Waals surface area contributed by atoms with E-state index in [1.165, 1.54) is 7.11 Å². The Bertz CT molecular complexity index is 490. The first-order valence-corrected chi connectivity index (χ1v) is 6.23. The molecule has 6 heteroatoms. The molecule has 0 spiro atoms. The van der Waals surface area contributed by atoms with Crippen LogP contribution in [0.15, 0.2) is 21.5 Å². The summed E-state index contributed by atoms with van der Waals surface area (Å²) in [4.78, 5) is 23.3. The van der Waals surface area contributed by atoms with Crippen LogP contribution in [0.4, 0.5) is 0 Å². The minimum absolute atomic E-state index is 0.00198. The average molecular weight is 267 g/mol. The monoisotopic (exact) mass is 267 g/mol. The van der Waals surface area contributed by atoms with Crippen molar-refractivity contribution in [2.24, 2.45) is 5.92 Å². The Hall–Kier alpha value is -1.82. The molecular weight excluding hydrogens is 250 g/mol. The van der Waals surface area contributed by atoms with Crippen LogP contribution >= 0.6 is 0 Å². The lowest BCUT2D eigenvalue weighted by Crippen LogP contribution is -2.32. The maximum absolute atomic E-state index is 11.8. The fourth-order valence-corrected chi connectivity index (χ4v) is 1.94. The third-order valence-electron chi connectivity index (χ3n) is 3.13. The van der Waals surface area contributed by atoms with Gasteiger partial charge in [0.2, 0.25) is 11.2 Å². The van der Waals surface area contributed by atoms with E-state index in [9.17, 15) is 9.59 Å². The van der Waals surface area contributed by atoms with Crippen LogP contribution in [-0.4, -0.2) is 32.8 Å². The Morgan fingerprint density at radius 2 is 2.21 bits per heavy atom. The lowest BCUT2D eigenvalue weighted by molar-refractivity contribution is 0.0638. The van der Waals surface area contributed by atoms with Crippen LogP contribution in [0.1, 0.15) is 23.4 Å². The quantitative estimate of drug-likeness (QED) is 0.873. The lowest BCUT2D eigenvalue weighted by Gasteiger charge is -2.21. The van der Waals surface area contributed by atoms with Crippen LogP contribution in [0, 0.1) is 5.92 Å². The maximum atomic E-state index is 11.8. The Kier molecular flexibility index (Phi) is 4.57. The predicted molar refractivity (Wildman–Crippen MR) is 67.4 cm³/mol. The Labute approximate surface area is 110 Å². The average Bonchev–Trinajstić information content (AvgIpc) is 2.45. The van der Waals surface area contributed by atoms with Gasteiger partial charge in [-0.1, -0.05) is 0 Å². The summed E-state index contributed by atoms with van der Waals surface area (Å²) in [6, 6.07) is 1.14. The highest BCUT2D eigenvalue weighted by atomic mass is 16.5. The molecule has 2 heterocycles. The molecule has 1 aromatic heterocycles. The van der Waals surface area contributed by atoms with Gasteiger partial charge in [0.15, 0.2) is 5.76 Å². The molecule has 1 amide bonds. The largest absolute Gasteiger partial charge is 0.490 e. The Morgan fingerprint density at radius 3 is 2.84 bits per heavy atom. The predicted octanol–water partition coefficient (Wildman–Crippen LogP) is 0.805. The smallest absolute Gasteiger partial charge is 0.287 e. The van der Waals surface area contributed by atoms with Crippen molar-refractivity contribution in [2.75, 3.05) is 26.9 Å². The zero-order valence-electron chi connectivity index (χ0n) is 10.8. The molecule has 0 radical (unpaired) electrons. The number of ether oxygens (including phenoxy) is 2. The second kappa shape index (κ2) is 6.38. The van der Waals surface area contributed by atoms with Crippen molar-refractivity contribution in [1.82, 2.24) is 5.32 Å². The summed E-state index contributed by atoms with van der Waals surface area (Å²) >= 11 is 0. The molecule has 1 fully saturated rings. The van der Waals surface area contributed by atoms with E-state index in [0.29, 0.717) is 12.5 Å². The van der Waals surface area contributed by atoms with Crippen LogP contribution in [0.5, 0.6) is 5.75 Å². The molecule has 6 nitrogen and oxygen atoms in total. The van der Waals surface area contributed by atoms with E-state index in [1.54, 1.807) is 0 Å². The summed E-state index contributed by atoms with van der Waals surface area (Å²) in [7, 11) is 1.37. The highest BCUT2D eigenvalue weighted by Gasteiger charge is 2.16. The van der Waals surface area contributed by atoms with Gasteiger partial charge in [0.05, 0.1) is 7.11 Å². The van der Waals surface area contributed by atoms with E-state index < -0.39 is 0 Å².